The molecule has 1 aliphatic carbocycles. The van der Waals surface area contributed by atoms with Gasteiger partial charge in [-0.15, -0.1) is 12.4 Å². The van der Waals surface area contributed by atoms with Crippen LogP contribution in [0.2, 0.25) is 0 Å². The average molecular weight is 403 g/mol. The molecule has 3 N–H and O–H groups in total. The van der Waals surface area contributed by atoms with Gasteiger partial charge in [-0.1, -0.05) is 6.07 Å². The van der Waals surface area contributed by atoms with Gasteiger partial charge in [-0.25, -0.2) is 4.68 Å². The predicted octanol–water partition coefficient (Wildman–Crippen LogP) is 3.62. The van der Waals surface area contributed by atoms with Gasteiger partial charge in [-0.3, -0.25) is 4.79 Å². The average Bonchev–Trinajstić information content (AvgIpc) is 2.98. The second-order valence-corrected chi connectivity index (χ2v) is 6.69. The summed E-state index contributed by atoms with van der Waals surface area (Å²) in [6, 6.07) is 5.13. The molecule has 1 amide bonds. The number of carbonyl (C=O) groups is 1. The number of amides is 1. The van der Waals surface area contributed by atoms with Gasteiger partial charge >= 0.3 is 6.18 Å². The Morgan fingerprint density at radius 2 is 1.93 bits per heavy atom. The summed E-state index contributed by atoms with van der Waals surface area (Å²) >= 11 is 0. The highest BCUT2D eigenvalue weighted by Gasteiger charge is 2.31. The smallest absolute Gasteiger partial charge is 0.349 e. The van der Waals surface area contributed by atoms with Gasteiger partial charge in [0, 0.05) is 12.1 Å². The Bertz CT molecular complexity index is 798. The van der Waals surface area contributed by atoms with Gasteiger partial charge in [0.15, 0.2) is 0 Å². The number of rotatable bonds is 3. The van der Waals surface area contributed by atoms with E-state index in [1.165, 1.54) is 23.0 Å². The Morgan fingerprint density at radius 1 is 1.26 bits per heavy atom. The molecular formula is C18H22ClF3N4O. The molecule has 1 saturated carbocycles. The van der Waals surface area contributed by atoms with Gasteiger partial charge in [0.05, 0.1) is 28.7 Å². The third-order valence-electron chi connectivity index (χ3n) is 4.78. The molecule has 0 spiro atoms. The predicted molar refractivity (Wildman–Crippen MR) is 98.2 cm³/mol. The normalized spacial score (nSPS) is 20.0. The largest absolute Gasteiger partial charge is 0.416 e. The number of aromatic nitrogens is 2. The second-order valence-electron chi connectivity index (χ2n) is 6.69. The lowest BCUT2D eigenvalue weighted by molar-refractivity contribution is -0.137. The first-order valence-corrected chi connectivity index (χ1v) is 8.54. The van der Waals surface area contributed by atoms with Crippen LogP contribution in [0.1, 0.15) is 47.3 Å². The van der Waals surface area contributed by atoms with Gasteiger partial charge < -0.3 is 11.1 Å². The maximum atomic E-state index is 12.9. The summed E-state index contributed by atoms with van der Waals surface area (Å²) in [5.74, 6) is -0.263. The topological polar surface area (TPSA) is 72.9 Å². The summed E-state index contributed by atoms with van der Waals surface area (Å²) < 4.78 is 40.1. The summed E-state index contributed by atoms with van der Waals surface area (Å²) in [5.41, 5.74) is 6.23. The van der Waals surface area contributed by atoms with Crippen molar-refractivity contribution in [1.82, 2.24) is 15.1 Å². The third kappa shape index (κ3) is 4.81. The van der Waals surface area contributed by atoms with Crippen LogP contribution in [-0.2, 0) is 6.18 Å². The van der Waals surface area contributed by atoms with Gasteiger partial charge in [-0.05, 0) is 50.8 Å². The fraction of sp³-hybridized carbons (Fsp3) is 0.444. The van der Waals surface area contributed by atoms with E-state index in [4.69, 9.17) is 5.73 Å². The zero-order valence-corrected chi connectivity index (χ0v) is 15.6. The molecule has 1 aliphatic rings. The van der Waals surface area contributed by atoms with Crippen LogP contribution in [0.4, 0.5) is 13.2 Å². The number of nitrogens with one attached hydrogen (secondary N) is 1. The lowest BCUT2D eigenvalue weighted by Gasteiger charge is -2.26. The lowest BCUT2D eigenvalue weighted by Crippen LogP contribution is -2.40. The van der Waals surface area contributed by atoms with E-state index in [-0.39, 0.29) is 36.1 Å². The van der Waals surface area contributed by atoms with Crippen molar-refractivity contribution in [3.8, 4) is 5.69 Å². The highest BCUT2D eigenvalue weighted by molar-refractivity contribution is 5.95. The van der Waals surface area contributed by atoms with Gasteiger partial charge in [0.1, 0.15) is 0 Å². The van der Waals surface area contributed by atoms with Crippen LogP contribution in [0, 0.1) is 6.92 Å². The highest BCUT2D eigenvalue weighted by Crippen LogP contribution is 2.30. The van der Waals surface area contributed by atoms with E-state index in [1.54, 1.807) is 6.92 Å². The standard InChI is InChI=1S/C18H21F3N4O.ClH/c1-11-16(17(26)24-14-7-5-13(22)6-8-14)10-23-25(11)15-4-2-3-12(9-15)18(19,20)21;/h2-4,9-10,13-14H,5-8,22H2,1H3,(H,24,26);1H. The maximum absolute atomic E-state index is 12.9. The van der Waals surface area contributed by atoms with E-state index >= 15 is 0 Å². The molecule has 3 rings (SSSR count). The van der Waals surface area contributed by atoms with Crippen molar-refractivity contribution in [2.24, 2.45) is 5.73 Å². The van der Waals surface area contributed by atoms with Crippen LogP contribution in [0.25, 0.3) is 5.69 Å². The SMILES string of the molecule is Cc1c(C(=O)NC2CCC(N)CC2)cnn1-c1cccc(C(F)(F)F)c1.Cl. The van der Waals surface area contributed by atoms with Crippen molar-refractivity contribution in [2.75, 3.05) is 0 Å². The van der Waals surface area contributed by atoms with E-state index in [9.17, 15) is 18.0 Å². The van der Waals surface area contributed by atoms with Crippen LogP contribution < -0.4 is 11.1 Å². The first-order chi connectivity index (χ1) is 12.3. The van der Waals surface area contributed by atoms with Crippen molar-refractivity contribution < 1.29 is 18.0 Å². The van der Waals surface area contributed by atoms with Crippen molar-refractivity contribution in [1.29, 1.82) is 0 Å². The first-order valence-electron chi connectivity index (χ1n) is 8.54. The molecule has 9 heteroatoms. The number of hydrogen-bond acceptors (Lipinski definition) is 3. The molecule has 1 aromatic heterocycles. The van der Waals surface area contributed by atoms with Crippen LogP contribution in [0.15, 0.2) is 30.5 Å². The molecule has 0 atom stereocenters. The second kappa shape index (κ2) is 8.31. The number of nitrogens with two attached hydrogens (primary N) is 1. The number of hydrogen-bond donors (Lipinski definition) is 2. The molecule has 2 aromatic rings. The summed E-state index contributed by atoms with van der Waals surface area (Å²) in [4.78, 5) is 12.5. The van der Waals surface area contributed by atoms with E-state index in [2.05, 4.69) is 10.4 Å². The zero-order chi connectivity index (χ0) is 18.9. The maximum Gasteiger partial charge on any atom is 0.416 e. The molecule has 1 heterocycles. The van der Waals surface area contributed by atoms with E-state index in [1.807, 2.05) is 0 Å². The van der Waals surface area contributed by atoms with Gasteiger partial charge in [-0.2, -0.15) is 18.3 Å². The van der Waals surface area contributed by atoms with E-state index in [0.29, 0.717) is 11.3 Å². The minimum atomic E-state index is -4.43. The molecule has 148 valence electrons. The molecule has 0 aliphatic heterocycles. The Balaban J connectivity index is 0.00000261. The van der Waals surface area contributed by atoms with Crippen molar-refractivity contribution in [2.45, 2.75) is 50.9 Å². The Morgan fingerprint density at radius 3 is 2.56 bits per heavy atom. The molecule has 0 radical (unpaired) electrons. The van der Waals surface area contributed by atoms with Crippen LogP contribution in [0.3, 0.4) is 0 Å². The van der Waals surface area contributed by atoms with E-state index < -0.39 is 11.7 Å². The van der Waals surface area contributed by atoms with Gasteiger partial charge in [0.2, 0.25) is 0 Å². The number of benzene rings is 1. The molecular weight excluding hydrogens is 381 g/mol. The fourth-order valence-electron chi connectivity index (χ4n) is 3.23. The van der Waals surface area contributed by atoms with Crippen molar-refractivity contribution >= 4 is 18.3 Å². The number of nitrogens with zero attached hydrogens (tertiary/aromatic N) is 2. The Labute approximate surface area is 161 Å². The van der Waals surface area contributed by atoms with Crippen LogP contribution in [0.5, 0.6) is 0 Å². The highest BCUT2D eigenvalue weighted by atomic mass is 35.5. The molecule has 5 nitrogen and oxygen atoms in total. The number of halogens is 4. The van der Waals surface area contributed by atoms with Crippen molar-refractivity contribution in [3.63, 3.8) is 0 Å². The quantitative estimate of drug-likeness (QED) is 0.823. The van der Waals surface area contributed by atoms with Gasteiger partial charge in [0.25, 0.3) is 5.91 Å². The zero-order valence-electron chi connectivity index (χ0n) is 14.8. The third-order valence-corrected chi connectivity index (χ3v) is 4.78. The fourth-order valence-corrected chi connectivity index (χ4v) is 3.23. The summed E-state index contributed by atoms with van der Waals surface area (Å²) in [6.07, 6.45) is 0.348. The summed E-state index contributed by atoms with van der Waals surface area (Å²) in [7, 11) is 0. The lowest BCUT2D eigenvalue weighted by atomic mass is 9.91. The van der Waals surface area contributed by atoms with Crippen LogP contribution >= 0.6 is 12.4 Å². The Hall–Kier alpha value is -2.06. The number of carbonyl (C=O) groups excluding carboxylic acids is 1. The molecule has 0 bridgehead atoms. The number of alkyl halides is 3. The summed E-state index contributed by atoms with van der Waals surface area (Å²) in [6.45, 7) is 1.67. The molecule has 0 unspecified atom stereocenters. The Kier molecular flexibility index (Phi) is 6.54. The molecule has 0 saturated heterocycles. The monoisotopic (exact) mass is 402 g/mol. The van der Waals surface area contributed by atoms with Crippen LogP contribution in [-0.4, -0.2) is 27.8 Å². The minimum Gasteiger partial charge on any atom is -0.349 e. The molecule has 1 aromatic carbocycles. The first kappa shape index (κ1) is 21.2. The molecule has 27 heavy (non-hydrogen) atoms. The summed E-state index contributed by atoms with van der Waals surface area (Å²) in [5, 5.41) is 7.07. The molecule has 1 fully saturated rings. The minimum absolute atomic E-state index is 0. The van der Waals surface area contributed by atoms with E-state index in [0.717, 1.165) is 37.8 Å². The van der Waals surface area contributed by atoms with Crippen molar-refractivity contribution in [3.05, 3.63) is 47.3 Å².